The number of anilines is 5. The molecule has 3 nitrogen and oxygen atoms in total. The number of hydrogen-bond donors (Lipinski definition) is 0. The Balaban J connectivity index is 0.882. The van der Waals surface area contributed by atoms with Crippen molar-refractivity contribution in [3.8, 4) is 28.0 Å². The van der Waals surface area contributed by atoms with E-state index in [2.05, 4.69) is 240 Å². The quantitative estimate of drug-likeness (QED) is 0.160. The average Bonchev–Trinajstić information content (AvgIpc) is 3.88. The van der Waals surface area contributed by atoms with Gasteiger partial charge in [0.1, 0.15) is 11.9 Å². The van der Waals surface area contributed by atoms with E-state index in [0.717, 1.165) is 28.5 Å². The van der Waals surface area contributed by atoms with Gasteiger partial charge in [-0.25, -0.2) is 0 Å². The average molecular weight is 783 g/mol. The Morgan fingerprint density at radius 2 is 1.08 bits per heavy atom. The standard InChI is InChI=1S/C58H42N2O/c1-2-13-39(14-3-1)43-17-10-18-44(37-43)40-27-32-46(33-28-40)59(53-24-11-16-42-15-4-5-19-48(42)53)47-34-29-41(30-35-47)45-31-36-55-52(38-45)49-20-6-8-23-54(49)60(55)56-25-12-22-51-50-21-7-9-26-57(50)61-58(51)56/h1-38,50,52,55,57H. The van der Waals surface area contributed by atoms with Gasteiger partial charge in [-0.1, -0.05) is 176 Å². The SMILES string of the molecule is C1=CC2Oc3c(cccc3N3c4ccccc4C4C=C(c5ccc(N(c6ccc(-c7cccc(-c8ccccc8)c7)cc6)c6cccc7ccccc67)cc5)C=CC43)C2C=C1. The number of ether oxygens (including phenoxy) is 1. The number of fused-ring (bicyclic) bond motifs is 7. The van der Waals surface area contributed by atoms with Gasteiger partial charge in [0, 0.05) is 39.8 Å². The molecule has 290 valence electrons. The van der Waals surface area contributed by atoms with Crippen LogP contribution in [-0.4, -0.2) is 12.1 Å². The van der Waals surface area contributed by atoms with Crippen molar-refractivity contribution in [2.75, 3.05) is 9.80 Å². The molecule has 2 heterocycles. The summed E-state index contributed by atoms with van der Waals surface area (Å²) in [7, 11) is 0. The maximum atomic E-state index is 6.68. The lowest BCUT2D eigenvalue weighted by molar-refractivity contribution is 0.269. The highest BCUT2D eigenvalue weighted by atomic mass is 16.5. The first-order chi connectivity index (χ1) is 30.2. The molecule has 2 aliphatic heterocycles. The molecule has 0 radical (unpaired) electrons. The van der Waals surface area contributed by atoms with Gasteiger partial charge in [-0.2, -0.15) is 0 Å². The zero-order chi connectivity index (χ0) is 40.3. The first-order valence-electron chi connectivity index (χ1n) is 21.3. The minimum Gasteiger partial charge on any atom is -0.483 e. The summed E-state index contributed by atoms with van der Waals surface area (Å²) in [6.45, 7) is 0. The van der Waals surface area contributed by atoms with Crippen molar-refractivity contribution in [1.82, 2.24) is 0 Å². The number of hydrogen-bond acceptors (Lipinski definition) is 3. The molecule has 0 amide bonds. The lowest BCUT2D eigenvalue weighted by Gasteiger charge is -2.31. The first-order valence-corrected chi connectivity index (χ1v) is 21.3. The summed E-state index contributed by atoms with van der Waals surface area (Å²) in [4.78, 5) is 4.90. The van der Waals surface area contributed by atoms with Gasteiger partial charge in [0.15, 0.2) is 0 Å². The Bertz CT molecular complexity index is 3080. The third-order valence-electron chi connectivity index (χ3n) is 12.9. The third-order valence-corrected chi connectivity index (χ3v) is 12.9. The van der Waals surface area contributed by atoms with Crippen LogP contribution in [-0.2, 0) is 0 Å². The Kier molecular flexibility index (Phi) is 8.45. The Hall–Kier alpha value is -7.62. The van der Waals surface area contributed by atoms with Gasteiger partial charge in [-0.05, 0) is 98.9 Å². The lowest BCUT2D eigenvalue weighted by atomic mass is 9.86. The molecule has 0 spiro atoms. The van der Waals surface area contributed by atoms with Gasteiger partial charge in [-0.3, -0.25) is 0 Å². The highest BCUT2D eigenvalue weighted by molar-refractivity contribution is 5.99. The number of allylic oxidation sites excluding steroid dienone is 4. The number of rotatable bonds is 7. The first kappa shape index (κ1) is 35.3. The van der Waals surface area contributed by atoms with E-state index in [1.165, 1.54) is 61.0 Å². The van der Waals surface area contributed by atoms with E-state index in [0.29, 0.717) is 0 Å². The minimum atomic E-state index is 0.0463. The normalized spacial score (nSPS) is 19.1. The molecule has 0 bridgehead atoms. The third kappa shape index (κ3) is 6.04. The van der Waals surface area contributed by atoms with Crippen LogP contribution in [0.2, 0.25) is 0 Å². The summed E-state index contributed by atoms with van der Waals surface area (Å²) in [6, 6.07) is 68.5. The van der Waals surface area contributed by atoms with E-state index in [9.17, 15) is 0 Å². The summed E-state index contributed by atoms with van der Waals surface area (Å²) in [5.41, 5.74) is 15.6. The molecule has 0 N–H and O–H groups in total. The zero-order valence-corrected chi connectivity index (χ0v) is 33.6. The second kappa shape index (κ2) is 14.6. The van der Waals surface area contributed by atoms with Crippen LogP contribution < -0.4 is 14.5 Å². The van der Waals surface area contributed by atoms with Gasteiger partial charge in [0.2, 0.25) is 0 Å². The topological polar surface area (TPSA) is 15.7 Å². The van der Waals surface area contributed by atoms with Crippen LogP contribution >= 0.6 is 0 Å². The molecule has 0 saturated heterocycles. The molecular formula is C58H42N2O. The fourth-order valence-electron chi connectivity index (χ4n) is 10.0. The van der Waals surface area contributed by atoms with Crippen molar-refractivity contribution >= 4 is 44.8 Å². The summed E-state index contributed by atoms with van der Waals surface area (Å²) >= 11 is 0. The molecule has 0 fully saturated rings. The van der Waals surface area contributed by atoms with Gasteiger partial charge in [0.25, 0.3) is 0 Å². The molecule has 3 heteroatoms. The number of benzene rings is 8. The van der Waals surface area contributed by atoms with Crippen molar-refractivity contribution in [2.24, 2.45) is 0 Å². The number of para-hydroxylation sites is 2. The van der Waals surface area contributed by atoms with Crippen LogP contribution in [0.4, 0.5) is 28.4 Å². The number of nitrogens with zero attached hydrogens (tertiary/aromatic N) is 2. The fraction of sp³-hybridized carbons (Fsp3) is 0.0690. The second-order valence-electron chi connectivity index (χ2n) is 16.4. The van der Waals surface area contributed by atoms with Crippen LogP contribution in [0.3, 0.4) is 0 Å². The van der Waals surface area contributed by atoms with E-state index in [4.69, 9.17) is 4.74 Å². The van der Waals surface area contributed by atoms with E-state index >= 15 is 0 Å². The summed E-state index contributed by atoms with van der Waals surface area (Å²) in [5, 5.41) is 2.43. The maximum Gasteiger partial charge on any atom is 0.147 e. The van der Waals surface area contributed by atoms with Crippen LogP contribution in [0.5, 0.6) is 5.75 Å². The molecule has 8 aromatic rings. The van der Waals surface area contributed by atoms with Gasteiger partial charge in [0.05, 0.1) is 17.4 Å². The predicted octanol–water partition coefficient (Wildman–Crippen LogP) is 14.9. The molecular weight excluding hydrogens is 741 g/mol. The monoisotopic (exact) mass is 782 g/mol. The van der Waals surface area contributed by atoms with Crippen molar-refractivity contribution < 1.29 is 4.74 Å². The Labute approximate surface area is 357 Å². The predicted molar refractivity (Wildman–Crippen MR) is 254 cm³/mol. The van der Waals surface area contributed by atoms with Crippen LogP contribution in [0.1, 0.15) is 28.5 Å². The fourth-order valence-corrected chi connectivity index (χ4v) is 10.0. The van der Waals surface area contributed by atoms with E-state index < -0.39 is 0 Å². The molecule has 8 aromatic carbocycles. The highest BCUT2D eigenvalue weighted by Crippen LogP contribution is 2.54. The maximum absolute atomic E-state index is 6.68. The summed E-state index contributed by atoms with van der Waals surface area (Å²) < 4.78 is 6.68. The Morgan fingerprint density at radius 3 is 1.92 bits per heavy atom. The second-order valence-corrected chi connectivity index (χ2v) is 16.4. The van der Waals surface area contributed by atoms with Crippen molar-refractivity contribution in [2.45, 2.75) is 24.0 Å². The van der Waals surface area contributed by atoms with E-state index in [1.54, 1.807) is 0 Å². The molecule has 0 saturated carbocycles. The van der Waals surface area contributed by atoms with Crippen LogP contribution in [0.25, 0.3) is 38.6 Å². The molecule has 4 atom stereocenters. The highest BCUT2D eigenvalue weighted by Gasteiger charge is 2.42. The van der Waals surface area contributed by atoms with E-state index in [1.807, 2.05) is 0 Å². The molecule has 4 unspecified atom stereocenters. The van der Waals surface area contributed by atoms with Crippen molar-refractivity contribution in [3.05, 3.63) is 247 Å². The molecule has 2 aliphatic carbocycles. The Morgan fingerprint density at radius 1 is 0.459 bits per heavy atom. The zero-order valence-electron chi connectivity index (χ0n) is 33.6. The smallest absolute Gasteiger partial charge is 0.147 e. The van der Waals surface area contributed by atoms with Gasteiger partial charge in [-0.15, -0.1) is 0 Å². The van der Waals surface area contributed by atoms with Crippen LogP contribution in [0.15, 0.2) is 231 Å². The van der Waals surface area contributed by atoms with Crippen LogP contribution in [0, 0.1) is 0 Å². The summed E-state index contributed by atoms with van der Waals surface area (Å²) in [5.74, 6) is 1.46. The largest absolute Gasteiger partial charge is 0.483 e. The lowest BCUT2D eigenvalue weighted by Crippen LogP contribution is -2.29. The van der Waals surface area contributed by atoms with Gasteiger partial charge >= 0.3 is 0 Å². The van der Waals surface area contributed by atoms with E-state index in [-0.39, 0.29) is 24.0 Å². The molecule has 12 rings (SSSR count). The molecule has 0 aromatic heterocycles. The molecule has 4 aliphatic rings. The van der Waals surface area contributed by atoms with Crippen molar-refractivity contribution in [1.29, 1.82) is 0 Å². The summed E-state index contributed by atoms with van der Waals surface area (Å²) in [6.07, 6.45) is 15.9. The molecule has 61 heavy (non-hydrogen) atoms. The minimum absolute atomic E-state index is 0.0463. The van der Waals surface area contributed by atoms with Gasteiger partial charge < -0.3 is 14.5 Å². The van der Waals surface area contributed by atoms with Crippen molar-refractivity contribution in [3.63, 3.8) is 0 Å².